The van der Waals surface area contributed by atoms with E-state index >= 15 is 0 Å². The van der Waals surface area contributed by atoms with Crippen molar-refractivity contribution >= 4 is 15.7 Å². The standard InChI is InChI=1S/C24H27N3O5S/c1-16-3-6-18(14-27-16)23(29)15-26-12-11-17-4-7-19(8-5-17)33(31,32)20-9-10-22(28)21(13-20)24(30)25-2/h3-10,13-14,23,26,28-29H,11-12,15H2,1-2H3,(H,25,30)/t23-/m1/s1. The molecule has 1 atom stereocenters. The number of rotatable bonds is 9. The molecule has 0 unspecified atom stereocenters. The fourth-order valence-electron chi connectivity index (χ4n) is 3.24. The second-order valence-corrected chi connectivity index (χ2v) is 9.56. The van der Waals surface area contributed by atoms with Crippen molar-refractivity contribution in [2.24, 2.45) is 0 Å². The van der Waals surface area contributed by atoms with Crippen LogP contribution in [-0.2, 0) is 16.3 Å². The maximum absolute atomic E-state index is 13.0. The van der Waals surface area contributed by atoms with Gasteiger partial charge in [-0.3, -0.25) is 9.78 Å². The maximum atomic E-state index is 13.0. The van der Waals surface area contributed by atoms with Gasteiger partial charge in [0.05, 0.1) is 21.5 Å². The zero-order valence-corrected chi connectivity index (χ0v) is 19.3. The van der Waals surface area contributed by atoms with Crippen molar-refractivity contribution in [3.8, 4) is 5.75 Å². The van der Waals surface area contributed by atoms with Gasteiger partial charge in [0, 0.05) is 31.0 Å². The van der Waals surface area contributed by atoms with E-state index in [1.54, 1.807) is 18.3 Å². The molecule has 4 N–H and O–H groups in total. The van der Waals surface area contributed by atoms with Crippen molar-refractivity contribution in [1.82, 2.24) is 15.6 Å². The number of phenols is 1. The van der Waals surface area contributed by atoms with E-state index in [0.29, 0.717) is 19.5 Å². The summed E-state index contributed by atoms with van der Waals surface area (Å²) >= 11 is 0. The third-order valence-corrected chi connectivity index (χ3v) is 7.00. The number of nitrogens with one attached hydrogen (secondary N) is 2. The van der Waals surface area contributed by atoms with Crippen LogP contribution in [-0.4, -0.2) is 49.7 Å². The number of amides is 1. The lowest BCUT2D eigenvalue weighted by molar-refractivity contribution is 0.0960. The van der Waals surface area contributed by atoms with Crippen LogP contribution < -0.4 is 10.6 Å². The number of aryl methyl sites for hydroxylation is 1. The highest BCUT2D eigenvalue weighted by molar-refractivity contribution is 7.91. The highest BCUT2D eigenvalue weighted by atomic mass is 32.2. The first-order chi connectivity index (χ1) is 15.7. The zero-order chi connectivity index (χ0) is 24.0. The third-order valence-electron chi connectivity index (χ3n) is 5.23. The average Bonchev–Trinajstić information content (AvgIpc) is 2.82. The van der Waals surface area contributed by atoms with Crippen molar-refractivity contribution in [2.75, 3.05) is 20.1 Å². The quantitative estimate of drug-likeness (QED) is 0.354. The first-order valence-electron chi connectivity index (χ1n) is 10.4. The predicted octanol–water partition coefficient (Wildman–Crippen LogP) is 2.15. The van der Waals surface area contributed by atoms with Crippen molar-refractivity contribution < 1.29 is 23.4 Å². The van der Waals surface area contributed by atoms with Crippen LogP contribution in [0.5, 0.6) is 5.75 Å². The minimum Gasteiger partial charge on any atom is -0.507 e. The Kier molecular flexibility index (Phi) is 7.80. The molecule has 0 spiro atoms. The second-order valence-electron chi connectivity index (χ2n) is 7.61. The Hall–Kier alpha value is -3.27. The maximum Gasteiger partial charge on any atom is 0.254 e. The van der Waals surface area contributed by atoms with Crippen molar-refractivity contribution in [3.63, 3.8) is 0 Å². The molecule has 0 bridgehead atoms. The summed E-state index contributed by atoms with van der Waals surface area (Å²) < 4.78 is 25.9. The summed E-state index contributed by atoms with van der Waals surface area (Å²) in [6.45, 7) is 2.87. The minimum absolute atomic E-state index is 0.0760. The molecule has 0 aliphatic carbocycles. The first-order valence-corrected chi connectivity index (χ1v) is 11.9. The Balaban J connectivity index is 1.60. The van der Waals surface area contributed by atoms with E-state index in [1.165, 1.54) is 31.3 Å². The van der Waals surface area contributed by atoms with Crippen LogP contribution >= 0.6 is 0 Å². The van der Waals surface area contributed by atoms with Crippen molar-refractivity contribution in [2.45, 2.75) is 29.2 Å². The number of sulfone groups is 1. The number of phenolic OH excluding ortho intramolecular Hbond substituents is 1. The van der Waals surface area contributed by atoms with E-state index in [0.717, 1.165) is 22.9 Å². The van der Waals surface area contributed by atoms with Gasteiger partial charge in [-0.05, 0) is 61.9 Å². The van der Waals surface area contributed by atoms with E-state index in [2.05, 4.69) is 15.6 Å². The second kappa shape index (κ2) is 10.6. The van der Waals surface area contributed by atoms with Crippen LogP contribution in [0.1, 0.15) is 33.3 Å². The molecule has 1 aromatic heterocycles. The van der Waals surface area contributed by atoms with Crippen LogP contribution in [0.2, 0.25) is 0 Å². The molecule has 0 aliphatic rings. The monoisotopic (exact) mass is 469 g/mol. The summed E-state index contributed by atoms with van der Waals surface area (Å²) in [6, 6.07) is 13.8. The Morgan fingerprint density at radius 2 is 1.76 bits per heavy atom. The molecule has 0 saturated carbocycles. The lowest BCUT2D eigenvalue weighted by atomic mass is 10.1. The number of carbonyl (C=O) groups excluding carboxylic acids is 1. The normalized spacial score (nSPS) is 12.3. The van der Waals surface area contributed by atoms with Gasteiger partial charge in [0.1, 0.15) is 5.75 Å². The van der Waals surface area contributed by atoms with E-state index in [4.69, 9.17) is 0 Å². The van der Waals surface area contributed by atoms with Gasteiger partial charge in [0.2, 0.25) is 9.84 Å². The van der Waals surface area contributed by atoms with E-state index < -0.39 is 21.8 Å². The number of carbonyl (C=O) groups is 1. The van der Waals surface area contributed by atoms with Gasteiger partial charge in [0.15, 0.2) is 0 Å². The van der Waals surface area contributed by atoms with Crippen molar-refractivity contribution in [1.29, 1.82) is 0 Å². The predicted molar refractivity (Wildman–Crippen MR) is 124 cm³/mol. The van der Waals surface area contributed by atoms with Crippen LogP contribution in [0.3, 0.4) is 0 Å². The highest BCUT2D eigenvalue weighted by Gasteiger charge is 2.21. The van der Waals surface area contributed by atoms with E-state index in [-0.39, 0.29) is 21.1 Å². The van der Waals surface area contributed by atoms with Crippen LogP contribution in [0.4, 0.5) is 0 Å². The van der Waals surface area contributed by atoms with Gasteiger partial charge in [-0.2, -0.15) is 0 Å². The number of aliphatic hydroxyl groups excluding tert-OH is 1. The number of pyridine rings is 1. The summed E-state index contributed by atoms with van der Waals surface area (Å²) in [4.78, 5) is 16.1. The summed E-state index contributed by atoms with van der Waals surface area (Å²) in [6.07, 6.45) is 1.65. The lowest BCUT2D eigenvalue weighted by Crippen LogP contribution is -2.23. The minimum atomic E-state index is -3.85. The molecule has 1 amide bonds. The molecule has 3 aromatic rings. The summed E-state index contributed by atoms with van der Waals surface area (Å²) in [7, 11) is -2.45. The fraction of sp³-hybridized carbons (Fsp3) is 0.250. The fourth-order valence-corrected chi connectivity index (χ4v) is 4.52. The number of nitrogens with zero attached hydrogens (tertiary/aromatic N) is 1. The number of aromatic nitrogens is 1. The van der Waals surface area contributed by atoms with Gasteiger partial charge in [-0.25, -0.2) is 8.42 Å². The first kappa shape index (κ1) is 24.4. The summed E-state index contributed by atoms with van der Waals surface area (Å²) in [5.41, 5.74) is 2.47. The number of hydrogen-bond donors (Lipinski definition) is 4. The molecular formula is C24H27N3O5S. The molecule has 0 fully saturated rings. The zero-order valence-electron chi connectivity index (χ0n) is 18.4. The largest absolute Gasteiger partial charge is 0.507 e. The van der Waals surface area contributed by atoms with Gasteiger partial charge >= 0.3 is 0 Å². The lowest BCUT2D eigenvalue weighted by Gasteiger charge is -2.12. The van der Waals surface area contributed by atoms with E-state index in [9.17, 15) is 23.4 Å². The molecule has 0 radical (unpaired) electrons. The molecule has 9 heteroatoms. The summed E-state index contributed by atoms with van der Waals surface area (Å²) in [5.74, 6) is -0.865. The molecule has 33 heavy (non-hydrogen) atoms. The molecule has 2 aromatic carbocycles. The van der Waals surface area contributed by atoms with Gasteiger partial charge < -0.3 is 20.8 Å². The molecular weight excluding hydrogens is 442 g/mol. The average molecular weight is 470 g/mol. The molecule has 3 rings (SSSR count). The number of aliphatic hydroxyl groups is 1. The van der Waals surface area contributed by atoms with Crippen LogP contribution in [0, 0.1) is 6.92 Å². The summed E-state index contributed by atoms with van der Waals surface area (Å²) in [5, 5.41) is 25.6. The topological polar surface area (TPSA) is 129 Å². The Morgan fingerprint density at radius 1 is 1.06 bits per heavy atom. The van der Waals surface area contributed by atoms with E-state index in [1.807, 2.05) is 19.1 Å². The molecule has 174 valence electrons. The van der Waals surface area contributed by atoms with Crippen LogP contribution in [0.15, 0.2) is 70.6 Å². The Morgan fingerprint density at radius 3 is 2.39 bits per heavy atom. The molecule has 1 heterocycles. The SMILES string of the molecule is CNC(=O)c1cc(S(=O)(=O)c2ccc(CCNC[C@@H](O)c3ccc(C)nc3)cc2)ccc1O. The number of benzene rings is 2. The van der Waals surface area contributed by atoms with Crippen LogP contribution in [0.25, 0.3) is 0 Å². The Bertz CT molecular complexity index is 1210. The molecule has 8 nitrogen and oxygen atoms in total. The number of aromatic hydroxyl groups is 1. The molecule has 0 saturated heterocycles. The smallest absolute Gasteiger partial charge is 0.254 e. The highest BCUT2D eigenvalue weighted by Crippen LogP contribution is 2.26. The third kappa shape index (κ3) is 5.95. The van der Waals surface area contributed by atoms with Gasteiger partial charge in [0.25, 0.3) is 5.91 Å². The van der Waals surface area contributed by atoms with Gasteiger partial charge in [-0.1, -0.05) is 18.2 Å². The Labute approximate surface area is 193 Å². The molecule has 0 aliphatic heterocycles. The number of hydrogen-bond acceptors (Lipinski definition) is 7. The van der Waals surface area contributed by atoms with Gasteiger partial charge in [-0.15, -0.1) is 0 Å². The van der Waals surface area contributed by atoms with Crippen molar-refractivity contribution in [3.05, 3.63) is 83.2 Å².